The third-order valence-corrected chi connectivity index (χ3v) is 12.9. The van der Waals surface area contributed by atoms with Crippen LogP contribution in [0.5, 0.6) is 0 Å². The average molecular weight is 1000 g/mol. The predicted molar refractivity (Wildman–Crippen MR) is 285 cm³/mol. The summed E-state index contributed by atoms with van der Waals surface area (Å²) in [6.07, 6.45) is 43.8. The number of esters is 3. The summed E-state index contributed by atoms with van der Waals surface area (Å²) in [4.78, 5) is 50.9. The van der Waals surface area contributed by atoms with E-state index in [4.69, 9.17) is 23.7 Å². The summed E-state index contributed by atoms with van der Waals surface area (Å²) in [5, 5.41) is 31.4. The number of rotatable bonds is 48. The second-order valence-corrected chi connectivity index (χ2v) is 19.6. The molecule has 0 aromatic carbocycles. The minimum Gasteiger partial charge on any atom is -0.479 e. The molecule has 0 aromatic rings. The van der Waals surface area contributed by atoms with Crippen molar-refractivity contribution in [3.63, 3.8) is 0 Å². The van der Waals surface area contributed by atoms with Crippen molar-refractivity contribution in [3.8, 4) is 0 Å². The van der Waals surface area contributed by atoms with E-state index in [1.54, 1.807) is 0 Å². The van der Waals surface area contributed by atoms with E-state index in [2.05, 4.69) is 69.4 Å². The minimum atomic E-state index is -1.90. The summed E-state index contributed by atoms with van der Waals surface area (Å²) in [7, 11) is 0. The molecule has 0 bridgehead atoms. The van der Waals surface area contributed by atoms with Gasteiger partial charge in [-0.2, -0.15) is 0 Å². The molecule has 1 heterocycles. The minimum absolute atomic E-state index is 0.0558. The van der Waals surface area contributed by atoms with E-state index in [1.807, 2.05) is 0 Å². The number of allylic oxidation sites excluding steroid dienone is 8. The molecular formula is C59H102O12. The fraction of sp³-hybridized carbons (Fsp3) is 0.797. The van der Waals surface area contributed by atoms with Gasteiger partial charge in [-0.15, -0.1) is 0 Å². The van der Waals surface area contributed by atoms with Crippen LogP contribution in [0.4, 0.5) is 0 Å². The topological polar surface area (TPSA) is 175 Å². The van der Waals surface area contributed by atoms with Gasteiger partial charge in [0.1, 0.15) is 18.8 Å². The standard InChI is InChI=1S/C59H102O12/c1-4-7-10-13-16-19-21-23-24-25-26-27-28-30-32-35-38-41-44-47-53(62)70-57-55(64)54(63)56(58(65)66)71-59(57)68-49-50(69-52(61)46-43-40-37-33-18-15-12-9-6-3)48-67-51(60)45-42-39-36-34-31-29-22-20-17-14-11-8-5-2/h11,14,16,19-20,22-24,50,54-57,59,63-64H,4-10,12-13,15,17-18,21,25-49H2,1-3H3,(H,65,66)/b14-11-,19-16-,22-20-,24-23-. The largest absolute Gasteiger partial charge is 0.479 e. The van der Waals surface area contributed by atoms with E-state index in [0.717, 1.165) is 109 Å². The van der Waals surface area contributed by atoms with Crippen LogP contribution >= 0.6 is 0 Å². The van der Waals surface area contributed by atoms with Crippen LogP contribution in [0, 0.1) is 0 Å². The number of aliphatic carboxylic acids is 1. The molecule has 0 saturated carbocycles. The van der Waals surface area contributed by atoms with E-state index in [-0.39, 0.29) is 25.9 Å². The second-order valence-electron chi connectivity index (χ2n) is 19.6. The number of carboxylic acids is 1. The Hall–Kier alpha value is -3.32. The quantitative estimate of drug-likeness (QED) is 0.0228. The maximum absolute atomic E-state index is 13.0. The lowest BCUT2D eigenvalue weighted by Gasteiger charge is -2.40. The van der Waals surface area contributed by atoms with Crippen molar-refractivity contribution >= 4 is 23.9 Å². The van der Waals surface area contributed by atoms with Crippen molar-refractivity contribution in [1.82, 2.24) is 0 Å². The summed E-state index contributed by atoms with van der Waals surface area (Å²) in [6, 6.07) is 0. The van der Waals surface area contributed by atoms with Crippen molar-refractivity contribution in [2.45, 2.75) is 289 Å². The Morgan fingerprint density at radius 1 is 0.465 bits per heavy atom. The molecule has 0 aliphatic carbocycles. The van der Waals surface area contributed by atoms with Gasteiger partial charge in [-0.3, -0.25) is 14.4 Å². The number of carbonyl (C=O) groups is 4. The summed E-state index contributed by atoms with van der Waals surface area (Å²) < 4.78 is 28.3. The predicted octanol–water partition coefficient (Wildman–Crippen LogP) is 14.2. The smallest absolute Gasteiger partial charge is 0.335 e. The van der Waals surface area contributed by atoms with Gasteiger partial charge >= 0.3 is 23.9 Å². The Labute approximate surface area is 431 Å². The third kappa shape index (κ3) is 38.0. The lowest BCUT2D eigenvalue weighted by molar-refractivity contribution is -0.301. The van der Waals surface area contributed by atoms with Gasteiger partial charge in [0.25, 0.3) is 0 Å². The molecule has 1 saturated heterocycles. The molecule has 71 heavy (non-hydrogen) atoms. The number of hydrogen-bond acceptors (Lipinski definition) is 11. The molecular weight excluding hydrogens is 901 g/mol. The monoisotopic (exact) mass is 1000 g/mol. The Morgan fingerprint density at radius 2 is 0.873 bits per heavy atom. The van der Waals surface area contributed by atoms with E-state index in [9.17, 15) is 34.5 Å². The summed E-state index contributed by atoms with van der Waals surface area (Å²) in [5.41, 5.74) is 0. The Kier molecular flexibility index (Phi) is 44.1. The number of carbonyl (C=O) groups excluding carboxylic acids is 3. The first kappa shape index (κ1) is 65.7. The second kappa shape index (κ2) is 47.7. The molecule has 0 aromatic heterocycles. The molecule has 0 radical (unpaired) electrons. The van der Waals surface area contributed by atoms with Crippen molar-refractivity contribution in [3.05, 3.63) is 48.6 Å². The molecule has 0 spiro atoms. The SMILES string of the molecule is CCC/C=C\C/C=C\CCCCCCCC(=O)OCC(COC1OC(C(=O)O)C(O)C(O)C1OC(=O)CCCCCCCCCCC/C=C\C/C=C\CCCCC)OC(=O)CCCCCCCCCCC. The van der Waals surface area contributed by atoms with E-state index in [1.165, 1.54) is 83.5 Å². The Bertz CT molecular complexity index is 1420. The van der Waals surface area contributed by atoms with Gasteiger partial charge in [-0.1, -0.05) is 204 Å². The first-order valence-corrected chi connectivity index (χ1v) is 28.6. The molecule has 12 nitrogen and oxygen atoms in total. The number of aliphatic hydroxyl groups is 2. The molecule has 6 atom stereocenters. The van der Waals surface area contributed by atoms with Gasteiger partial charge in [0.05, 0.1) is 6.61 Å². The van der Waals surface area contributed by atoms with Gasteiger partial charge in [0.15, 0.2) is 24.6 Å². The molecule has 1 rings (SSSR count). The lowest BCUT2D eigenvalue weighted by Crippen LogP contribution is -2.61. The van der Waals surface area contributed by atoms with Crippen LogP contribution in [-0.4, -0.2) is 89.2 Å². The van der Waals surface area contributed by atoms with Crippen LogP contribution in [0.25, 0.3) is 0 Å². The molecule has 1 aliphatic heterocycles. The molecule has 1 aliphatic rings. The molecule has 0 amide bonds. The molecule has 12 heteroatoms. The summed E-state index contributed by atoms with van der Waals surface area (Å²) >= 11 is 0. The highest BCUT2D eigenvalue weighted by Gasteiger charge is 2.50. The van der Waals surface area contributed by atoms with Gasteiger partial charge in [-0.25, -0.2) is 4.79 Å². The third-order valence-electron chi connectivity index (χ3n) is 12.9. The maximum Gasteiger partial charge on any atom is 0.335 e. The zero-order valence-corrected chi connectivity index (χ0v) is 45.0. The summed E-state index contributed by atoms with van der Waals surface area (Å²) in [5.74, 6) is -3.13. The van der Waals surface area contributed by atoms with Crippen molar-refractivity contribution in [2.75, 3.05) is 13.2 Å². The molecule has 3 N–H and O–H groups in total. The first-order chi connectivity index (χ1) is 34.6. The van der Waals surface area contributed by atoms with E-state index >= 15 is 0 Å². The van der Waals surface area contributed by atoms with Crippen LogP contribution in [0.15, 0.2) is 48.6 Å². The first-order valence-electron chi connectivity index (χ1n) is 28.6. The van der Waals surface area contributed by atoms with Gasteiger partial charge < -0.3 is 39.0 Å². The maximum atomic E-state index is 13.0. The number of unbranched alkanes of at least 4 members (excludes halogenated alkanes) is 26. The van der Waals surface area contributed by atoms with Crippen molar-refractivity contribution in [2.24, 2.45) is 0 Å². The zero-order valence-electron chi connectivity index (χ0n) is 45.0. The fourth-order valence-corrected chi connectivity index (χ4v) is 8.44. The van der Waals surface area contributed by atoms with Crippen LogP contribution in [0.3, 0.4) is 0 Å². The van der Waals surface area contributed by atoms with E-state index < -0.39 is 67.3 Å². The highest BCUT2D eigenvalue weighted by Crippen LogP contribution is 2.26. The summed E-state index contributed by atoms with van der Waals surface area (Å²) in [6.45, 7) is 5.86. The fourth-order valence-electron chi connectivity index (χ4n) is 8.44. The Morgan fingerprint density at radius 3 is 1.35 bits per heavy atom. The van der Waals surface area contributed by atoms with Crippen LogP contribution in [0.2, 0.25) is 0 Å². The average Bonchev–Trinajstić information content (AvgIpc) is 3.35. The zero-order chi connectivity index (χ0) is 51.8. The molecule has 410 valence electrons. The molecule has 1 fully saturated rings. The highest BCUT2D eigenvalue weighted by atomic mass is 16.7. The van der Waals surface area contributed by atoms with Gasteiger partial charge in [-0.05, 0) is 77.0 Å². The lowest BCUT2D eigenvalue weighted by atomic mass is 9.98. The van der Waals surface area contributed by atoms with Crippen molar-refractivity contribution in [1.29, 1.82) is 0 Å². The van der Waals surface area contributed by atoms with Crippen LogP contribution in [0.1, 0.15) is 252 Å². The van der Waals surface area contributed by atoms with Gasteiger partial charge in [0.2, 0.25) is 0 Å². The number of hydrogen-bond donors (Lipinski definition) is 3. The molecule has 6 unspecified atom stereocenters. The highest BCUT2D eigenvalue weighted by molar-refractivity contribution is 5.74. The van der Waals surface area contributed by atoms with E-state index in [0.29, 0.717) is 19.3 Å². The van der Waals surface area contributed by atoms with Crippen LogP contribution in [-0.2, 0) is 42.9 Å². The normalized spacial score (nSPS) is 18.8. The number of aliphatic hydroxyl groups excluding tert-OH is 2. The Balaban J connectivity index is 2.64. The van der Waals surface area contributed by atoms with Gasteiger partial charge in [0, 0.05) is 19.3 Å². The van der Waals surface area contributed by atoms with Crippen molar-refractivity contribution < 1.29 is 58.2 Å². The van der Waals surface area contributed by atoms with Crippen LogP contribution < -0.4 is 0 Å². The number of ether oxygens (including phenoxy) is 5. The number of carboxylic acid groups (broad SMARTS) is 1.